The van der Waals surface area contributed by atoms with Crippen molar-refractivity contribution in [3.8, 4) is 22.3 Å². The molecule has 0 saturated heterocycles. The molecule has 46 heavy (non-hydrogen) atoms. The van der Waals surface area contributed by atoms with E-state index >= 15 is 0 Å². The molecule has 0 amide bonds. The van der Waals surface area contributed by atoms with Crippen LogP contribution in [0.3, 0.4) is 0 Å². The zero-order valence-electron chi connectivity index (χ0n) is 26.0. The van der Waals surface area contributed by atoms with E-state index in [1.165, 1.54) is 71.4 Å². The Hall–Kier alpha value is -5.66. The lowest BCUT2D eigenvalue weighted by Crippen LogP contribution is -2.15. The lowest BCUT2D eigenvalue weighted by atomic mass is 9.81. The van der Waals surface area contributed by atoms with E-state index in [-0.39, 0.29) is 5.41 Å². The van der Waals surface area contributed by atoms with Crippen LogP contribution >= 0.6 is 0 Å². The van der Waals surface area contributed by atoms with Gasteiger partial charge >= 0.3 is 0 Å². The highest BCUT2D eigenvalue weighted by Crippen LogP contribution is 2.50. The Kier molecular flexibility index (Phi) is 5.92. The van der Waals surface area contributed by atoms with Crippen molar-refractivity contribution in [2.45, 2.75) is 19.3 Å². The Morgan fingerprint density at radius 3 is 1.63 bits per heavy atom. The van der Waals surface area contributed by atoms with Crippen molar-refractivity contribution in [2.75, 3.05) is 4.90 Å². The molecular formula is C45H33N. The summed E-state index contributed by atoms with van der Waals surface area (Å²) < 4.78 is 0. The van der Waals surface area contributed by atoms with Crippen LogP contribution in [0.2, 0.25) is 0 Å². The molecule has 1 aliphatic rings. The Morgan fingerprint density at radius 1 is 0.391 bits per heavy atom. The second kappa shape index (κ2) is 10.2. The number of anilines is 3. The lowest BCUT2D eigenvalue weighted by Gasteiger charge is -2.28. The minimum absolute atomic E-state index is 0.0580. The first-order valence-electron chi connectivity index (χ1n) is 16.1. The third-order valence-electron chi connectivity index (χ3n) is 10.0. The van der Waals surface area contributed by atoms with Gasteiger partial charge in [0.2, 0.25) is 0 Å². The largest absolute Gasteiger partial charge is 0.310 e. The monoisotopic (exact) mass is 587 g/mol. The molecule has 0 bridgehead atoms. The van der Waals surface area contributed by atoms with Crippen LogP contribution in [0.5, 0.6) is 0 Å². The molecule has 8 aromatic carbocycles. The molecule has 0 radical (unpaired) electrons. The maximum absolute atomic E-state index is 2.44. The van der Waals surface area contributed by atoms with Crippen LogP contribution in [0.1, 0.15) is 25.0 Å². The fraction of sp³-hybridized carbons (Fsp3) is 0.0667. The highest BCUT2D eigenvalue weighted by molar-refractivity contribution is 6.09. The van der Waals surface area contributed by atoms with Gasteiger partial charge in [0.25, 0.3) is 0 Å². The summed E-state index contributed by atoms with van der Waals surface area (Å²) in [6.07, 6.45) is 0. The molecule has 0 unspecified atom stereocenters. The van der Waals surface area contributed by atoms with E-state index in [4.69, 9.17) is 0 Å². The van der Waals surface area contributed by atoms with Crippen molar-refractivity contribution in [3.05, 3.63) is 175 Å². The van der Waals surface area contributed by atoms with E-state index in [9.17, 15) is 0 Å². The predicted octanol–water partition coefficient (Wildman–Crippen LogP) is 12.6. The first-order valence-corrected chi connectivity index (χ1v) is 16.1. The Morgan fingerprint density at radius 2 is 0.935 bits per heavy atom. The number of hydrogen-bond acceptors (Lipinski definition) is 1. The molecule has 0 spiro atoms. The number of nitrogens with zero attached hydrogens (tertiary/aromatic N) is 1. The summed E-state index contributed by atoms with van der Waals surface area (Å²) in [6.45, 7) is 4.72. The standard InChI is InChI=1S/C45H33N/c1-45(2)41-19-8-7-17-39(41)40-26-23-35(29-42(40)45)38-18-9-15-32-16-10-20-43(44(32)38)46(36-24-21-30-11-3-5-13-33(30)27-36)37-25-22-31-12-4-6-14-34(31)28-37/h3-29H,1-2H3. The van der Waals surface area contributed by atoms with E-state index in [1.807, 2.05) is 0 Å². The summed E-state index contributed by atoms with van der Waals surface area (Å²) >= 11 is 0. The highest BCUT2D eigenvalue weighted by atomic mass is 15.1. The van der Waals surface area contributed by atoms with Crippen molar-refractivity contribution in [3.63, 3.8) is 0 Å². The van der Waals surface area contributed by atoms with Crippen LogP contribution in [0.4, 0.5) is 17.1 Å². The lowest BCUT2D eigenvalue weighted by molar-refractivity contribution is 0.660. The van der Waals surface area contributed by atoms with E-state index < -0.39 is 0 Å². The van der Waals surface area contributed by atoms with Gasteiger partial charge in [0, 0.05) is 22.2 Å². The summed E-state index contributed by atoms with van der Waals surface area (Å²) in [4.78, 5) is 2.44. The van der Waals surface area contributed by atoms with Crippen LogP contribution in [-0.2, 0) is 5.41 Å². The van der Waals surface area contributed by atoms with Crippen LogP contribution < -0.4 is 4.90 Å². The molecule has 8 aromatic rings. The van der Waals surface area contributed by atoms with Crippen LogP contribution in [0.15, 0.2) is 164 Å². The Bertz CT molecular complexity index is 2380. The van der Waals surface area contributed by atoms with Gasteiger partial charge in [-0.05, 0) is 96.7 Å². The summed E-state index contributed by atoms with van der Waals surface area (Å²) in [5.41, 5.74) is 11.4. The van der Waals surface area contributed by atoms with E-state index in [0.29, 0.717) is 0 Å². The van der Waals surface area contributed by atoms with Gasteiger partial charge in [-0.25, -0.2) is 0 Å². The van der Waals surface area contributed by atoms with E-state index in [1.54, 1.807) is 0 Å². The fourth-order valence-corrected chi connectivity index (χ4v) is 7.68. The molecule has 1 nitrogen and oxygen atoms in total. The molecule has 1 heteroatoms. The second-order valence-electron chi connectivity index (χ2n) is 13.0. The second-order valence-corrected chi connectivity index (χ2v) is 13.0. The van der Waals surface area contributed by atoms with Gasteiger partial charge in [-0.3, -0.25) is 0 Å². The van der Waals surface area contributed by atoms with Crippen molar-refractivity contribution in [1.29, 1.82) is 0 Å². The molecule has 0 saturated carbocycles. The zero-order chi connectivity index (χ0) is 30.8. The normalized spacial score (nSPS) is 13.2. The molecule has 9 rings (SSSR count). The zero-order valence-corrected chi connectivity index (χ0v) is 26.0. The smallest absolute Gasteiger partial charge is 0.0546 e. The fourth-order valence-electron chi connectivity index (χ4n) is 7.68. The van der Waals surface area contributed by atoms with Crippen molar-refractivity contribution >= 4 is 49.4 Å². The molecule has 0 heterocycles. The summed E-state index contributed by atoms with van der Waals surface area (Å²) in [5, 5.41) is 7.41. The minimum atomic E-state index is -0.0580. The third-order valence-corrected chi connectivity index (χ3v) is 10.0. The maximum atomic E-state index is 2.44. The Labute approximate surface area is 270 Å². The quantitative estimate of drug-likeness (QED) is 0.198. The molecule has 218 valence electrons. The topological polar surface area (TPSA) is 3.24 Å². The number of fused-ring (bicyclic) bond motifs is 6. The number of benzene rings is 8. The minimum Gasteiger partial charge on any atom is -0.310 e. The van der Waals surface area contributed by atoms with Gasteiger partial charge in [-0.1, -0.05) is 141 Å². The molecular weight excluding hydrogens is 555 g/mol. The molecule has 0 fully saturated rings. The number of hydrogen-bond donors (Lipinski definition) is 0. The van der Waals surface area contributed by atoms with E-state index in [2.05, 4.69) is 183 Å². The van der Waals surface area contributed by atoms with Gasteiger partial charge in [-0.15, -0.1) is 0 Å². The molecule has 0 aromatic heterocycles. The van der Waals surface area contributed by atoms with Gasteiger partial charge in [0.1, 0.15) is 0 Å². The SMILES string of the molecule is CC1(C)c2ccccc2-c2ccc(-c3cccc4cccc(N(c5ccc6ccccc6c5)c5ccc6ccccc6c5)c34)cc21. The molecule has 0 N–H and O–H groups in total. The first kappa shape index (κ1) is 26.7. The van der Waals surface area contributed by atoms with Crippen molar-refractivity contribution in [1.82, 2.24) is 0 Å². The molecule has 0 atom stereocenters. The van der Waals surface area contributed by atoms with Crippen LogP contribution in [0.25, 0.3) is 54.6 Å². The molecule has 1 aliphatic carbocycles. The van der Waals surface area contributed by atoms with Crippen LogP contribution in [0, 0.1) is 0 Å². The predicted molar refractivity (Wildman–Crippen MR) is 197 cm³/mol. The maximum Gasteiger partial charge on any atom is 0.0546 e. The third kappa shape index (κ3) is 4.09. The van der Waals surface area contributed by atoms with Gasteiger partial charge in [0.05, 0.1) is 5.69 Å². The Balaban J connectivity index is 1.30. The van der Waals surface area contributed by atoms with Gasteiger partial charge < -0.3 is 4.90 Å². The van der Waals surface area contributed by atoms with Gasteiger partial charge in [-0.2, -0.15) is 0 Å². The first-order chi connectivity index (χ1) is 22.6. The summed E-state index contributed by atoms with van der Waals surface area (Å²) in [6, 6.07) is 60.3. The average Bonchev–Trinajstić information content (AvgIpc) is 3.33. The molecule has 0 aliphatic heterocycles. The number of rotatable bonds is 4. The van der Waals surface area contributed by atoms with E-state index in [0.717, 1.165) is 11.4 Å². The van der Waals surface area contributed by atoms with Crippen molar-refractivity contribution in [2.24, 2.45) is 0 Å². The summed E-state index contributed by atoms with van der Waals surface area (Å²) in [5.74, 6) is 0. The van der Waals surface area contributed by atoms with Crippen LogP contribution in [-0.4, -0.2) is 0 Å². The summed E-state index contributed by atoms with van der Waals surface area (Å²) in [7, 11) is 0. The highest BCUT2D eigenvalue weighted by Gasteiger charge is 2.35. The van der Waals surface area contributed by atoms with Crippen molar-refractivity contribution < 1.29 is 0 Å². The van der Waals surface area contributed by atoms with Gasteiger partial charge in [0.15, 0.2) is 0 Å². The average molecular weight is 588 g/mol.